The molecular formula is C21H30IN3O4. The summed E-state index contributed by atoms with van der Waals surface area (Å²) in [5, 5.41) is 16.9. The van der Waals surface area contributed by atoms with Gasteiger partial charge in [-0.3, -0.25) is 0 Å². The van der Waals surface area contributed by atoms with E-state index in [1.54, 1.807) is 39.5 Å². The molecule has 0 heterocycles. The van der Waals surface area contributed by atoms with E-state index in [0.717, 1.165) is 11.3 Å². The van der Waals surface area contributed by atoms with E-state index in [-0.39, 0.29) is 24.0 Å². The first kappa shape index (κ1) is 24.8. The van der Waals surface area contributed by atoms with Crippen LogP contribution in [0.15, 0.2) is 47.5 Å². The highest BCUT2D eigenvalue weighted by molar-refractivity contribution is 14.0. The number of guanidine groups is 1. The summed E-state index contributed by atoms with van der Waals surface area (Å²) in [7, 11) is 4.80. The molecule has 0 saturated heterocycles. The molecule has 0 spiro atoms. The van der Waals surface area contributed by atoms with Gasteiger partial charge in [0.05, 0.1) is 34.0 Å². The third-order valence-electron chi connectivity index (χ3n) is 4.12. The number of rotatable bonds is 9. The number of hydrogen-bond donors (Lipinski definition) is 3. The van der Waals surface area contributed by atoms with E-state index >= 15 is 0 Å². The quantitative estimate of drug-likeness (QED) is 0.271. The van der Waals surface area contributed by atoms with E-state index in [9.17, 15) is 5.11 Å². The van der Waals surface area contributed by atoms with E-state index in [2.05, 4.69) is 15.6 Å². The fourth-order valence-electron chi connectivity index (χ4n) is 2.62. The lowest BCUT2D eigenvalue weighted by Gasteiger charge is -2.17. The molecular weight excluding hydrogens is 485 g/mol. The van der Waals surface area contributed by atoms with Crippen molar-refractivity contribution in [2.45, 2.75) is 19.6 Å². The van der Waals surface area contributed by atoms with Crippen molar-refractivity contribution in [2.75, 3.05) is 34.4 Å². The molecule has 2 aromatic rings. The number of aliphatic imine (C=N–C) groups is 1. The highest BCUT2D eigenvalue weighted by Gasteiger charge is 2.12. The predicted octanol–water partition coefficient (Wildman–Crippen LogP) is 3.12. The third kappa shape index (κ3) is 7.98. The van der Waals surface area contributed by atoms with Crippen LogP contribution in [0.3, 0.4) is 0 Å². The average Bonchev–Trinajstić information content (AvgIpc) is 2.75. The molecule has 0 fully saturated rings. The Morgan fingerprint density at radius 1 is 0.966 bits per heavy atom. The van der Waals surface area contributed by atoms with Crippen LogP contribution in [0, 0.1) is 0 Å². The van der Waals surface area contributed by atoms with Crippen LogP contribution >= 0.6 is 24.0 Å². The second-order valence-electron chi connectivity index (χ2n) is 6.09. The standard InChI is InChI=1S/C21H29N3O4.HI/c1-5-22-21(23-13-15-7-6-8-17(9-15)26-2)24-14-20(25)16-10-18(27-3)12-19(11-16)28-4;/h6-12,20,25H,5,13-14H2,1-4H3,(H2,22,23,24);1H. The summed E-state index contributed by atoms with van der Waals surface area (Å²) in [4.78, 5) is 4.57. The van der Waals surface area contributed by atoms with Crippen molar-refractivity contribution < 1.29 is 19.3 Å². The lowest BCUT2D eigenvalue weighted by molar-refractivity contribution is 0.180. The molecule has 1 atom stereocenters. The molecule has 2 rings (SSSR count). The van der Waals surface area contributed by atoms with E-state index in [0.29, 0.717) is 42.7 Å². The maximum Gasteiger partial charge on any atom is 0.191 e. The zero-order valence-electron chi connectivity index (χ0n) is 17.3. The Morgan fingerprint density at radius 3 is 2.21 bits per heavy atom. The minimum atomic E-state index is -0.746. The molecule has 0 aliphatic carbocycles. The van der Waals surface area contributed by atoms with Crippen LogP contribution < -0.4 is 24.8 Å². The SMILES string of the molecule is CCNC(=NCc1cccc(OC)c1)NCC(O)c1cc(OC)cc(OC)c1.I. The van der Waals surface area contributed by atoms with Crippen LogP contribution in [-0.2, 0) is 6.54 Å². The Hall–Kier alpha value is -2.20. The first-order valence-electron chi connectivity index (χ1n) is 9.15. The number of halogens is 1. The number of hydrogen-bond acceptors (Lipinski definition) is 5. The minimum Gasteiger partial charge on any atom is -0.497 e. The largest absolute Gasteiger partial charge is 0.497 e. The maximum absolute atomic E-state index is 10.6. The van der Waals surface area contributed by atoms with Crippen molar-refractivity contribution in [1.29, 1.82) is 0 Å². The molecule has 0 aliphatic heterocycles. The summed E-state index contributed by atoms with van der Waals surface area (Å²) in [6.07, 6.45) is -0.746. The maximum atomic E-state index is 10.6. The number of aliphatic hydroxyl groups excluding tert-OH is 1. The van der Waals surface area contributed by atoms with E-state index in [1.807, 2.05) is 31.2 Å². The number of benzene rings is 2. The Labute approximate surface area is 189 Å². The summed E-state index contributed by atoms with van der Waals surface area (Å²) >= 11 is 0. The second kappa shape index (κ2) is 13.1. The number of nitrogens with zero attached hydrogens (tertiary/aromatic N) is 1. The van der Waals surface area contributed by atoms with Gasteiger partial charge in [0, 0.05) is 19.2 Å². The van der Waals surface area contributed by atoms with Gasteiger partial charge in [0.1, 0.15) is 17.2 Å². The number of nitrogens with one attached hydrogen (secondary N) is 2. The summed E-state index contributed by atoms with van der Waals surface area (Å²) in [5.74, 6) is 2.69. The summed E-state index contributed by atoms with van der Waals surface area (Å²) in [6.45, 7) is 3.50. The molecule has 0 saturated carbocycles. The molecule has 0 amide bonds. The molecule has 0 aromatic heterocycles. The van der Waals surface area contributed by atoms with Gasteiger partial charge in [0.25, 0.3) is 0 Å². The van der Waals surface area contributed by atoms with Crippen LogP contribution in [0.1, 0.15) is 24.2 Å². The lowest BCUT2D eigenvalue weighted by atomic mass is 10.1. The van der Waals surface area contributed by atoms with E-state index in [4.69, 9.17) is 14.2 Å². The van der Waals surface area contributed by atoms with E-state index < -0.39 is 6.10 Å². The summed E-state index contributed by atoms with van der Waals surface area (Å²) < 4.78 is 15.8. The van der Waals surface area contributed by atoms with Gasteiger partial charge in [-0.1, -0.05) is 12.1 Å². The van der Waals surface area contributed by atoms with Crippen LogP contribution in [0.25, 0.3) is 0 Å². The van der Waals surface area contributed by atoms with Gasteiger partial charge in [-0.05, 0) is 42.3 Å². The molecule has 3 N–H and O–H groups in total. The predicted molar refractivity (Wildman–Crippen MR) is 126 cm³/mol. The van der Waals surface area contributed by atoms with Crippen molar-refractivity contribution in [3.8, 4) is 17.2 Å². The summed E-state index contributed by atoms with van der Waals surface area (Å²) in [5.41, 5.74) is 1.74. The van der Waals surface area contributed by atoms with Crippen LogP contribution in [-0.4, -0.2) is 45.5 Å². The van der Waals surface area contributed by atoms with Crippen LogP contribution in [0.5, 0.6) is 17.2 Å². The van der Waals surface area contributed by atoms with Gasteiger partial charge in [0.15, 0.2) is 5.96 Å². The van der Waals surface area contributed by atoms with Gasteiger partial charge >= 0.3 is 0 Å². The van der Waals surface area contributed by atoms with Gasteiger partial charge in [0.2, 0.25) is 0 Å². The molecule has 7 nitrogen and oxygen atoms in total. The van der Waals surface area contributed by atoms with E-state index in [1.165, 1.54) is 0 Å². The Bertz CT molecular complexity index is 764. The number of ether oxygens (including phenoxy) is 3. The highest BCUT2D eigenvalue weighted by Crippen LogP contribution is 2.26. The molecule has 1 unspecified atom stereocenters. The van der Waals surface area contributed by atoms with Gasteiger partial charge in [-0.2, -0.15) is 0 Å². The van der Waals surface area contributed by atoms with Crippen molar-refractivity contribution >= 4 is 29.9 Å². The molecule has 8 heteroatoms. The first-order valence-corrected chi connectivity index (χ1v) is 9.15. The number of aliphatic hydroxyl groups is 1. The molecule has 0 bridgehead atoms. The summed E-state index contributed by atoms with van der Waals surface area (Å²) in [6, 6.07) is 13.1. The molecule has 0 radical (unpaired) electrons. The van der Waals surface area contributed by atoms with Gasteiger partial charge in [-0.25, -0.2) is 4.99 Å². The third-order valence-corrected chi connectivity index (χ3v) is 4.12. The Morgan fingerprint density at radius 2 is 1.62 bits per heavy atom. The van der Waals surface area contributed by atoms with Crippen molar-refractivity contribution in [2.24, 2.45) is 4.99 Å². The van der Waals surface area contributed by atoms with Gasteiger partial charge in [-0.15, -0.1) is 24.0 Å². The van der Waals surface area contributed by atoms with Crippen molar-refractivity contribution in [3.63, 3.8) is 0 Å². The first-order chi connectivity index (χ1) is 13.6. The molecule has 160 valence electrons. The fraction of sp³-hybridized carbons (Fsp3) is 0.381. The number of methoxy groups -OCH3 is 3. The van der Waals surface area contributed by atoms with Crippen molar-refractivity contribution in [3.05, 3.63) is 53.6 Å². The average molecular weight is 515 g/mol. The smallest absolute Gasteiger partial charge is 0.191 e. The molecule has 2 aromatic carbocycles. The van der Waals surface area contributed by atoms with Crippen molar-refractivity contribution in [1.82, 2.24) is 10.6 Å². The highest BCUT2D eigenvalue weighted by atomic mass is 127. The Balaban J connectivity index is 0.00000420. The normalized spacial score (nSPS) is 11.8. The lowest BCUT2D eigenvalue weighted by Crippen LogP contribution is -2.39. The van der Waals surface area contributed by atoms with Gasteiger partial charge < -0.3 is 30.0 Å². The Kier molecular flexibility index (Phi) is 11.2. The fourth-order valence-corrected chi connectivity index (χ4v) is 2.62. The second-order valence-corrected chi connectivity index (χ2v) is 6.09. The zero-order chi connectivity index (χ0) is 20.4. The molecule has 0 aliphatic rings. The monoisotopic (exact) mass is 515 g/mol. The van der Waals surface area contributed by atoms with Crippen LogP contribution in [0.4, 0.5) is 0 Å². The minimum absolute atomic E-state index is 0. The van der Waals surface area contributed by atoms with Crippen LogP contribution in [0.2, 0.25) is 0 Å². The zero-order valence-corrected chi connectivity index (χ0v) is 19.6. The topological polar surface area (TPSA) is 84.3 Å². The molecule has 29 heavy (non-hydrogen) atoms.